The lowest BCUT2D eigenvalue weighted by atomic mass is 10.3. The zero-order valence-corrected chi connectivity index (χ0v) is 16.5. The van der Waals surface area contributed by atoms with Gasteiger partial charge in [-0.15, -0.1) is 13.2 Å². The molecule has 0 fully saturated rings. The summed E-state index contributed by atoms with van der Waals surface area (Å²) in [5.74, 6) is -1.24. The molecule has 172 valence electrons. The van der Waals surface area contributed by atoms with E-state index >= 15 is 0 Å². The average molecular weight is 464 g/mol. The van der Waals surface area contributed by atoms with Crippen molar-refractivity contribution in [3.05, 3.63) is 71.0 Å². The first-order chi connectivity index (χ1) is 15.7. The third-order valence-corrected chi connectivity index (χ3v) is 3.79. The van der Waals surface area contributed by atoms with Crippen LogP contribution >= 0.6 is 0 Å². The molecule has 1 amide bonds. The van der Waals surface area contributed by atoms with Gasteiger partial charge < -0.3 is 14.8 Å². The van der Waals surface area contributed by atoms with Crippen LogP contribution in [-0.2, 0) is 4.79 Å². The Labute approximate surface area is 183 Å². The number of rotatable bonds is 9. The molecule has 0 atom stereocenters. The van der Waals surface area contributed by atoms with Crippen LogP contribution in [0, 0.1) is 10.1 Å². The van der Waals surface area contributed by atoms with Crippen molar-refractivity contribution in [2.24, 2.45) is 0 Å². The van der Waals surface area contributed by atoms with Crippen LogP contribution in [0.25, 0.3) is 0 Å². The Morgan fingerprint density at radius 1 is 1.00 bits per heavy atom. The molecular formula is C19H15F3N6O5. The van der Waals surface area contributed by atoms with Gasteiger partial charge in [0.15, 0.2) is 6.61 Å². The quantitative estimate of drug-likeness (QED) is 0.320. The second-order valence-corrected chi connectivity index (χ2v) is 6.15. The minimum Gasteiger partial charge on any atom is -0.484 e. The summed E-state index contributed by atoms with van der Waals surface area (Å²) in [6.45, 7) is -0.368. The zero-order chi connectivity index (χ0) is 23.8. The van der Waals surface area contributed by atoms with Crippen molar-refractivity contribution in [1.29, 1.82) is 0 Å². The van der Waals surface area contributed by atoms with Gasteiger partial charge in [-0.05, 0) is 36.4 Å². The molecule has 0 radical (unpaired) electrons. The van der Waals surface area contributed by atoms with Crippen LogP contribution in [-0.4, -0.2) is 33.8 Å². The van der Waals surface area contributed by atoms with Gasteiger partial charge in [-0.3, -0.25) is 25.8 Å². The van der Waals surface area contributed by atoms with Crippen LogP contribution in [0.5, 0.6) is 11.5 Å². The number of hydrazine groups is 1. The lowest BCUT2D eigenvalue weighted by molar-refractivity contribution is -0.383. The molecule has 0 aliphatic heterocycles. The van der Waals surface area contributed by atoms with E-state index in [-0.39, 0.29) is 23.9 Å². The van der Waals surface area contributed by atoms with Crippen LogP contribution in [0.1, 0.15) is 0 Å². The third kappa shape index (κ3) is 6.95. The Morgan fingerprint density at radius 2 is 1.67 bits per heavy atom. The Bertz CT molecular complexity index is 1110. The number of amides is 1. The molecule has 1 heterocycles. The largest absolute Gasteiger partial charge is 0.573 e. The average Bonchev–Trinajstić information content (AvgIpc) is 2.77. The second kappa shape index (κ2) is 10.1. The molecule has 3 rings (SSSR count). The standard InChI is InChI=1S/C19H15F3N6O5/c20-19(21,22)33-14-8-6-12(7-9-14)25-17-16(28(30)31)18(24-11-23-17)27-26-15(29)10-32-13-4-2-1-3-5-13/h1-9,11H,10H2,(H,26,29)(H2,23,24,25,27). The second-order valence-electron chi connectivity index (χ2n) is 6.15. The third-order valence-electron chi connectivity index (χ3n) is 3.79. The van der Waals surface area contributed by atoms with Gasteiger partial charge in [-0.25, -0.2) is 9.97 Å². The molecule has 0 unspecified atom stereocenters. The molecule has 0 aliphatic carbocycles. The number of nitro groups is 1. The summed E-state index contributed by atoms with van der Waals surface area (Å²) in [5, 5.41) is 14.2. The highest BCUT2D eigenvalue weighted by molar-refractivity contribution is 5.80. The fourth-order valence-electron chi connectivity index (χ4n) is 2.44. The summed E-state index contributed by atoms with van der Waals surface area (Å²) in [6, 6.07) is 13.0. The molecule has 0 saturated heterocycles. The van der Waals surface area contributed by atoms with E-state index in [0.29, 0.717) is 5.75 Å². The minimum absolute atomic E-state index is 0.192. The van der Waals surface area contributed by atoms with E-state index in [1.165, 1.54) is 12.1 Å². The number of nitrogens with zero attached hydrogens (tertiary/aromatic N) is 3. The lowest BCUT2D eigenvalue weighted by Crippen LogP contribution is -2.34. The number of alkyl halides is 3. The fourth-order valence-corrected chi connectivity index (χ4v) is 2.44. The predicted molar refractivity (Wildman–Crippen MR) is 109 cm³/mol. The number of hydrogen-bond donors (Lipinski definition) is 3. The van der Waals surface area contributed by atoms with Gasteiger partial charge in [0, 0.05) is 5.69 Å². The van der Waals surface area contributed by atoms with Gasteiger partial charge in [-0.2, -0.15) is 0 Å². The predicted octanol–water partition coefficient (Wildman–Crippen LogP) is 3.55. The molecule has 2 aromatic carbocycles. The Kier molecular flexibility index (Phi) is 7.07. The molecule has 3 N–H and O–H groups in total. The SMILES string of the molecule is O=C(COc1ccccc1)NNc1ncnc(Nc2ccc(OC(F)(F)F)cc2)c1[N+](=O)[O-]. The van der Waals surface area contributed by atoms with E-state index in [2.05, 4.69) is 30.9 Å². The van der Waals surface area contributed by atoms with E-state index in [4.69, 9.17) is 4.74 Å². The molecule has 11 nitrogen and oxygen atoms in total. The Morgan fingerprint density at radius 3 is 2.30 bits per heavy atom. The van der Waals surface area contributed by atoms with Crippen molar-refractivity contribution in [2.45, 2.75) is 6.36 Å². The van der Waals surface area contributed by atoms with Crippen molar-refractivity contribution in [1.82, 2.24) is 15.4 Å². The van der Waals surface area contributed by atoms with E-state index in [1.54, 1.807) is 30.3 Å². The zero-order valence-electron chi connectivity index (χ0n) is 16.5. The van der Waals surface area contributed by atoms with Crippen molar-refractivity contribution >= 4 is 28.9 Å². The Hall–Kier alpha value is -4.62. The van der Waals surface area contributed by atoms with E-state index in [0.717, 1.165) is 18.5 Å². The number of aromatic nitrogens is 2. The first kappa shape index (κ1) is 23.1. The molecule has 0 bridgehead atoms. The van der Waals surface area contributed by atoms with Crippen LogP contribution < -0.4 is 25.6 Å². The maximum Gasteiger partial charge on any atom is 0.573 e. The number of hydrogen-bond acceptors (Lipinski definition) is 9. The summed E-state index contributed by atoms with van der Waals surface area (Å²) in [4.78, 5) is 30.3. The van der Waals surface area contributed by atoms with Gasteiger partial charge in [0.1, 0.15) is 17.8 Å². The molecule has 14 heteroatoms. The van der Waals surface area contributed by atoms with Crippen LogP contribution in [0.15, 0.2) is 60.9 Å². The van der Waals surface area contributed by atoms with Crippen LogP contribution in [0.2, 0.25) is 0 Å². The first-order valence-corrected chi connectivity index (χ1v) is 9.06. The number of para-hydroxylation sites is 1. The van der Waals surface area contributed by atoms with Gasteiger partial charge >= 0.3 is 12.0 Å². The van der Waals surface area contributed by atoms with Gasteiger partial charge in [0.25, 0.3) is 5.91 Å². The molecule has 0 saturated carbocycles. The highest BCUT2D eigenvalue weighted by Gasteiger charge is 2.31. The first-order valence-electron chi connectivity index (χ1n) is 9.06. The van der Waals surface area contributed by atoms with Gasteiger partial charge in [0.2, 0.25) is 11.6 Å². The maximum atomic E-state index is 12.3. The Balaban J connectivity index is 1.66. The number of benzene rings is 2. The number of anilines is 3. The summed E-state index contributed by atoms with van der Waals surface area (Å²) >= 11 is 0. The highest BCUT2D eigenvalue weighted by atomic mass is 19.4. The van der Waals surface area contributed by atoms with E-state index < -0.39 is 28.6 Å². The van der Waals surface area contributed by atoms with E-state index in [1.807, 2.05) is 0 Å². The maximum absolute atomic E-state index is 12.3. The minimum atomic E-state index is -4.85. The highest BCUT2D eigenvalue weighted by Crippen LogP contribution is 2.31. The van der Waals surface area contributed by atoms with Crippen molar-refractivity contribution in [2.75, 3.05) is 17.3 Å². The molecular weight excluding hydrogens is 449 g/mol. The topological polar surface area (TPSA) is 141 Å². The lowest BCUT2D eigenvalue weighted by Gasteiger charge is -2.12. The summed E-state index contributed by atoms with van der Waals surface area (Å²) in [7, 11) is 0. The van der Waals surface area contributed by atoms with Crippen LogP contribution in [0.3, 0.4) is 0 Å². The molecule has 3 aromatic rings. The number of carbonyl (C=O) groups excluding carboxylic acids is 1. The normalized spacial score (nSPS) is 10.8. The molecule has 33 heavy (non-hydrogen) atoms. The summed E-state index contributed by atoms with van der Waals surface area (Å²) in [5.41, 5.74) is 4.14. The molecule has 1 aromatic heterocycles. The van der Waals surface area contributed by atoms with Crippen molar-refractivity contribution in [3.63, 3.8) is 0 Å². The molecule has 0 spiro atoms. The van der Waals surface area contributed by atoms with Gasteiger partial charge in [-0.1, -0.05) is 18.2 Å². The fraction of sp³-hybridized carbons (Fsp3) is 0.105. The van der Waals surface area contributed by atoms with Crippen molar-refractivity contribution < 1.29 is 32.4 Å². The number of carbonyl (C=O) groups is 1. The number of nitrogens with one attached hydrogen (secondary N) is 3. The van der Waals surface area contributed by atoms with Gasteiger partial charge in [0.05, 0.1) is 4.92 Å². The number of ether oxygens (including phenoxy) is 2. The number of halogens is 3. The summed E-state index contributed by atoms with van der Waals surface area (Å²) in [6.07, 6.45) is -3.86. The van der Waals surface area contributed by atoms with Crippen LogP contribution in [0.4, 0.5) is 36.2 Å². The monoisotopic (exact) mass is 464 g/mol. The van der Waals surface area contributed by atoms with Crippen molar-refractivity contribution in [3.8, 4) is 11.5 Å². The molecule has 0 aliphatic rings. The smallest absolute Gasteiger partial charge is 0.484 e. The van der Waals surface area contributed by atoms with E-state index in [9.17, 15) is 28.1 Å². The summed E-state index contributed by atoms with van der Waals surface area (Å²) < 4.78 is 45.8.